The van der Waals surface area contributed by atoms with E-state index in [2.05, 4.69) is 202 Å². The molecule has 0 N–H and O–H groups in total. The van der Waals surface area contributed by atoms with Gasteiger partial charge in [-0.25, -0.2) is 0 Å². The van der Waals surface area contributed by atoms with Gasteiger partial charge in [-0.3, -0.25) is 67.9 Å². The predicted octanol–water partition coefficient (Wildman–Crippen LogP) is -6.95. The fraction of sp³-hybridized carbons (Fsp3) is 0.917. The van der Waals surface area contributed by atoms with Gasteiger partial charge >= 0.3 is 0 Å². The highest BCUT2D eigenvalue weighted by molar-refractivity contribution is 5.81. The maximum absolute atomic E-state index is 12.1. The fourth-order valence-corrected chi connectivity index (χ4v) is 16.5. The second-order valence-corrected chi connectivity index (χ2v) is 36.8. The van der Waals surface area contributed by atoms with E-state index >= 15 is 0 Å². The van der Waals surface area contributed by atoms with Crippen LogP contribution in [0.2, 0.25) is 0 Å². The summed E-state index contributed by atoms with van der Waals surface area (Å²) in [7, 11) is 29.8. The molecule has 0 aromatic carbocycles. The smallest absolute Gasteiger partial charge is 0.236 e. The summed E-state index contributed by atoms with van der Waals surface area (Å²) in [6.07, 6.45) is 0. The molecule has 0 saturated carbocycles. The van der Waals surface area contributed by atoms with E-state index in [4.69, 9.17) is 0 Å². The Hall–Kier alpha value is -4.55. The molecule has 14 aliphatic heterocycles. The SMILES string of the molecule is CN1CCN(CC(=O)N2CCN(C)CC2)CC1.CN1CCN(CC(=O)N2CCN(C)CC2)CC1.CN1CCN(CC(=O)N2CCN(C)CC2)CC1.CN1CCN(CC(=O)N2CCN(C)CC2)CC1.CN1CCN(CC(=O)N2CCN(C)CC2)CC1.CN1CCN(CC(=O)N2CCN(C)CC2)CC1.CN1CCN(CC(=O)N2CCN(C)CC2)CC1. The van der Waals surface area contributed by atoms with E-state index < -0.39 is 0 Å². The van der Waals surface area contributed by atoms with Gasteiger partial charge in [0.05, 0.1) is 45.8 Å². The van der Waals surface area contributed by atoms with E-state index in [1.54, 1.807) is 0 Å². The van der Waals surface area contributed by atoms with E-state index in [0.29, 0.717) is 87.2 Å². The minimum Gasteiger partial charge on any atom is -0.339 e. The predicted molar refractivity (Wildman–Crippen MR) is 476 cm³/mol. The summed E-state index contributed by atoms with van der Waals surface area (Å²) in [5.74, 6) is 2.16. The summed E-state index contributed by atoms with van der Waals surface area (Å²) in [6.45, 7) is 60.3. The quantitative estimate of drug-likeness (QED) is 0.158. The first-order chi connectivity index (χ1) is 57.0. The number of nitrogens with zero attached hydrogens (tertiary/aromatic N) is 28. The molecule has 14 heterocycles. The lowest BCUT2D eigenvalue weighted by molar-refractivity contribution is -0.135. The molecular weight excluding hydrogens is 1510 g/mol. The van der Waals surface area contributed by atoms with E-state index in [-0.39, 0.29) is 0 Å². The van der Waals surface area contributed by atoms with Crippen molar-refractivity contribution in [1.82, 2.24) is 137 Å². The number of amides is 7. The van der Waals surface area contributed by atoms with Gasteiger partial charge < -0.3 is 103 Å². The van der Waals surface area contributed by atoms with Crippen molar-refractivity contribution >= 4 is 41.4 Å². The lowest BCUT2D eigenvalue weighted by atomic mass is 10.3. The van der Waals surface area contributed by atoms with Crippen molar-refractivity contribution in [3.63, 3.8) is 0 Å². The van der Waals surface area contributed by atoms with Crippen LogP contribution in [0.4, 0.5) is 0 Å². The van der Waals surface area contributed by atoms with Gasteiger partial charge in [0.15, 0.2) is 0 Å². The van der Waals surface area contributed by atoms with Gasteiger partial charge in [0.2, 0.25) is 41.4 Å². The molecular formula is C84H168N28O7. The third kappa shape index (κ3) is 38.4. The molecule has 14 aliphatic rings. The van der Waals surface area contributed by atoms with Gasteiger partial charge in [-0.1, -0.05) is 0 Å². The van der Waals surface area contributed by atoms with Gasteiger partial charge in [-0.2, -0.15) is 0 Å². The lowest BCUT2D eigenvalue weighted by Crippen LogP contribution is -2.52. The minimum absolute atomic E-state index is 0.308. The van der Waals surface area contributed by atoms with Gasteiger partial charge in [-0.05, 0) is 98.7 Å². The molecule has 0 atom stereocenters. The van der Waals surface area contributed by atoms with Gasteiger partial charge in [0, 0.05) is 367 Å². The van der Waals surface area contributed by atoms with Crippen molar-refractivity contribution in [3.05, 3.63) is 0 Å². The maximum atomic E-state index is 12.1. The molecule has 14 fully saturated rings. The number of rotatable bonds is 14. The molecule has 14 saturated heterocycles. The molecule has 119 heavy (non-hydrogen) atoms. The standard InChI is InChI=1S/7C12H24N4O/c7*1-13-3-7-15(8-4-13)11-12(17)16-9-5-14(2)6-10-16/h7*3-11H2,1-2H3. The molecule has 0 aromatic rings. The number of piperazine rings is 14. The topological polar surface area (TPSA) is 210 Å². The summed E-state index contributed by atoms with van der Waals surface area (Å²) in [6, 6.07) is 0. The van der Waals surface area contributed by atoms with Gasteiger partial charge in [0.1, 0.15) is 0 Å². The van der Waals surface area contributed by atoms with E-state index in [0.717, 1.165) is 367 Å². The molecule has 686 valence electrons. The average molecular weight is 1680 g/mol. The number of likely N-dealkylation sites (N-methyl/N-ethyl adjacent to an activating group) is 14. The Kier molecular flexibility index (Phi) is 45.1. The number of carbonyl (C=O) groups is 7. The lowest BCUT2D eigenvalue weighted by Gasteiger charge is -2.36. The van der Waals surface area contributed by atoms with Crippen LogP contribution in [0, 0.1) is 0 Å². The van der Waals surface area contributed by atoms with Crippen molar-refractivity contribution in [2.24, 2.45) is 0 Å². The summed E-state index contributed by atoms with van der Waals surface area (Å²) in [5.41, 5.74) is 0. The van der Waals surface area contributed by atoms with Crippen LogP contribution in [0.5, 0.6) is 0 Å². The Balaban J connectivity index is 0.000000173. The Labute approximate surface area is 719 Å². The van der Waals surface area contributed by atoms with E-state index in [1.807, 2.05) is 34.3 Å². The zero-order valence-electron chi connectivity index (χ0n) is 77.4. The van der Waals surface area contributed by atoms with Crippen LogP contribution in [0.15, 0.2) is 0 Å². The van der Waals surface area contributed by atoms with Crippen molar-refractivity contribution in [2.75, 3.05) is 511 Å². The minimum atomic E-state index is 0.308. The largest absolute Gasteiger partial charge is 0.339 e. The molecule has 0 unspecified atom stereocenters. The van der Waals surface area contributed by atoms with E-state index in [1.165, 1.54) is 0 Å². The van der Waals surface area contributed by atoms with Gasteiger partial charge in [-0.15, -0.1) is 0 Å². The van der Waals surface area contributed by atoms with Crippen molar-refractivity contribution < 1.29 is 33.6 Å². The first-order valence-electron chi connectivity index (χ1n) is 45.7. The van der Waals surface area contributed by atoms with E-state index in [9.17, 15) is 33.6 Å². The third-order valence-corrected chi connectivity index (χ3v) is 26.7. The highest BCUT2D eigenvalue weighted by atomic mass is 16.2. The molecule has 35 nitrogen and oxygen atoms in total. The van der Waals surface area contributed by atoms with Crippen LogP contribution in [0.25, 0.3) is 0 Å². The zero-order valence-corrected chi connectivity index (χ0v) is 77.4. The third-order valence-electron chi connectivity index (χ3n) is 26.7. The van der Waals surface area contributed by atoms with Crippen LogP contribution in [0.1, 0.15) is 0 Å². The Bertz CT molecular complexity index is 2320. The molecule has 0 spiro atoms. The summed E-state index contributed by atoms with van der Waals surface area (Å²) in [4.78, 5) is 147. The van der Waals surface area contributed by atoms with Gasteiger partial charge in [0.25, 0.3) is 0 Å². The normalized spacial score (nSPS) is 25.2. The summed E-state index contributed by atoms with van der Waals surface area (Å²) in [5, 5.41) is 0. The molecule has 0 radical (unpaired) electrons. The van der Waals surface area contributed by atoms with Crippen molar-refractivity contribution in [1.29, 1.82) is 0 Å². The average Bonchev–Trinajstić information content (AvgIpc) is 0.899. The van der Waals surface area contributed by atoms with Crippen LogP contribution >= 0.6 is 0 Å². The van der Waals surface area contributed by atoms with Crippen molar-refractivity contribution in [2.45, 2.75) is 0 Å². The Morgan fingerprint density at radius 1 is 0.118 bits per heavy atom. The first kappa shape index (κ1) is 99.9. The molecule has 35 heteroatoms. The summed E-state index contributed by atoms with van der Waals surface area (Å²) < 4.78 is 0. The molecule has 7 amide bonds. The molecule has 14 rings (SSSR count). The molecule has 0 bridgehead atoms. The number of hydrogen-bond acceptors (Lipinski definition) is 28. The first-order valence-corrected chi connectivity index (χ1v) is 45.7. The van der Waals surface area contributed by atoms with Crippen LogP contribution in [0.3, 0.4) is 0 Å². The highest BCUT2D eigenvalue weighted by Gasteiger charge is 2.31. The van der Waals surface area contributed by atoms with Crippen LogP contribution < -0.4 is 0 Å². The highest BCUT2D eigenvalue weighted by Crippen LogP contribution is 2.13. The molecule has 0 aromatic heterocycles. The summed E-state index contributed by atoms with van der Waals surface area (Å²) >= 11 is 0. The molecule has 0 aliphatic carbocycles. The second-order valence-electron chi connectivity index (χ2n) is 36.8. The number of carbonyl (C=O) groups excluding carboxylic acids is 7. The fourth-order valence-electron chi connectivity index (χ4n) is 16.5. The Morgan fingerprint density at radius 3 is 0.261 bits per heavy atom. The number of hydrogen-bond donors (Lipinski definition) is 0. The maximum Gasteiger partial charge on any atom is 0.236 e. The Morgan fingerprint density at radius 2 is 0.185 bits per heavy atom. The zero-order chi connectivity index (χ0) is 85.8. The van der Waals surface area contributed by atoms with Crippen molar-refractivity contribution in [3.8, 4) is 0 Å². The monoisotopic (exact) mass is 1680 g/mol. The second kappa shape index (κ2) is 53.7. The van der Waals surface area contributed by atoms with Crippen LogP contribution in [-0.2, 0) is 33.6 Å². The van der Waals surface area contributed by atoms with Crippen LogP contribution in [-0.4, -0.2) is 690 Å².